The lowest BCUT2D eigenvalue weighted by Crippen LogP contribution is -2.51. The molecule has 0 saturated heterocycles. The average molecular weight is 332 g/mol. The van der Waals surface area contributed by atoms with Gasteiger partial charge in [-0.1, -0.05) is 13.3 Å². The molecule has 0 aromatic heterocycles. The number of ether oxygens (including phenoxy) is 1. The van der Waals surface area contributed by atoms with Crippen molar-refractivity contribution in [3.63, 3.8) is 0 Å². The Kier molecular flexibility index (Phi) is 7.63. The number of hydrogen-bond acceptors (Lipinski definition) is 7. The summed E-state index contributed by atoms with van der Waals surface area (Å²) in [5, 5.41) is 47.6. The van der Waals surface area contributed by atoms with Gasteiger partial charge in [-0.3, -0.25) is 4.79 Å². The predicted molar refractivity (Wildman–Crippen MR) is 78.3 cm³/mol. The molecule has 0 aromatic carbocycles. The quantitative estimate of drug-likeness (QED) is 0.369. The van der Waals surface area contributed by atoms with Crippen LogP contribution in [-0.4, -0.2) is 68.3 Å². The Morgan fingerprint density at radius 2 is 2.00 bits per heavy atom. The molecular formula is C15H24O8. The van der Waals surface area contributed by atoms with Gasteiger partial charge in [0.2, 0.25) is 5.76 Å². The van der Waals surface area contributed by atoms with Crippen LogP contribution < -0.4 is 0 Å². The topological polar surface area (TPSA) is 145 Å². The second kappa shape index (κ2) is 8.97. The summed E-state index contributed by atoms with van der Waals surface area (Å²) in [7, 11) is 0. The van der Waals surface area contributed by atoms with E-state index in [2.05, 4.69) is 0 Å². The summed E-state index contributed by atoms with van der Waals surface area (Å²) in [4.78, 5) is 23.0. The zero-order valence-corrected chi connectivity index (χ0v) is 13.0. The normalized spacial score (nSPS) is 26.8. The molecule has 23 heavy (non-hydrogen) atoms. The van der Waals surface area contributed by atoms with E-state index in [0.29, 0.717) is 12.8 Å². The van der Waals surface area contributed by atoms with Crippen LogP contribution in [0.25, 0.3) is 0 Å². The van der Waals surface area contributed by atoms with E-state index in [1.807, 2.05) is 6.92 Å². The Morgan fingerprint density at radius 3 is 2.52 bits per heavy atom. The minimum absolute atomic E-state index is 0.121. The number of aliphatic carboxylic acids is 1. The fourth-order valence-corrected chi connectivity index (χ4v) is 2.49. The van der Waals surface area contributed by atoms with E-state index in [4.69, 9.17) is 14.9 Å². The maximum Gasteiger partial charge on any atom is 0.370 e. The molecule has 3 unspecified atom stereocenters. The Bertz CT molecular complexity index is 447. The Morgan fingerprint density at radius 1 is 1.35 bits per heavy atom. The SMILES string of the molecule is CCCCC(=O)C[C@H]1C(C(O)C(O)CO)OC(C(=O)O)=C[C@H]1O. The zero-order chi connectivity index (χ0) is 17.6. The summed E-state index contributed by atoms with van der Waals surface area (Å²) in [6.07, 6.45) is -3.17. The first-order valence-corrected chi connectivity index (χ1v) is 7.60. The molecule has 132 valence electrons. The van der Waals surface area contributed by atoms with Gasteiger partial charge in [0.15, 0.2) is 0 Å². The smallest absolute Gasteiger partial charge is 0.370 e. The first-order valence-electron chi connectivity index (χ1n) is 7.60. The van der Waals surface area contributed by atoms with E-state index in [9.17, 15) is 24.9 Å². The first kappa shape index (κ1) is 19.6. The highest BCUT2D eigenvalue weighted by Gasteiger charge is 2.43. The van der Waals surface area contributed by atoms with Gasteiger partial charge >= 0.3 is 5.97 Å². The third-order valence-corrected chi connectivity index (χ3v) is 3.85. The number of aliphatic hydroxyl groups excluding tert-OH is 4. The molecule has 5 N–H and O–H groups in total. The molecule has 0 aromatic rings. The maximum absolute atomic E-state index is 11.9. The molecule has 1 aliphatic heterocycles. The van der Waals surface area contributed by atoms with Crippen molar-refractivity contribution in [2.24, 2.45) is 5.92 Å². The van der Waals surface area contributed by atoms with Crippen LogP contribution in [0.3, 0.4) is 0 Å². The molecule has 5 atom stereocenters. The van der Waals surface area contributed by atoms with Crippen molar-refractivity contribution >= 4 is 11.8 Å². The van der Waals surface area contributed by atoms with Crippen LogP contribution in [0.2, 0.25) is 0 Å². The van der Waals surface area contributed by atoms with E-state index >= 15 is 0 Å². The number of carboxylic acid groups (broad SMARTS) is 1. The summed E-state index contributed by atoms with van der Waals surface area (Å²) in [5.41, 5.74) is 0. The highest BCUT2D eigenvalue weighted by atomic mass is 16.5. The van der Waals surface area contributed by atoms with Crippen LogP contribution >= 0.6 is 0 Å². The van der Waals surface area contributed by atoms with Crippen LogP contribution in [0.5, 0.6) is 0 Å². The summed E-state index contributed by atoms with van der Waals surface area (Å²) in [6.45, 7) is 1.16. The van der Waals surface area contributed by atoms with Crippen molar-refractivity contribution in [3.05, 3.63) is 11.8 Å². The van der Waals surface area contributed by atoms with Crippen LogP contribution in [-0.2, 0) is 14.3 Å². The third kappa shape index (κ3) is 5.28. The molecule has 0 amide bonds. The van der Waals surface area contributed by atoms with Crippen molar-refractivity contribution in [2.45, 2.75) is 57.0 Å². The molecule has 8 heteroatoms. The number of rotatable bonds is 9. The average Bonchev–Trinajstić information content (AvgIpc) is 2.52. The molecule has 1 aliphatic rings. The van der Waals surface area contributed by atoms with E-state index < -0.39 is 48.7 Å². The second-order valence-corrected chi connectivity index (χ2v) is 5.66. The molecule has 0 aliphatic carbocycles. The van der Waals surface area contributed by atoms with Gasteiger partial charge < -0.3 is 30.3 Å². The number of aliphatic hydroxyl groups is 4. The number of Topliss-reactive ketones (excluding diaryl/α,β-unsaturated/α-hetero) is 1. The van der Waals surface area contributed by atoms with Gasteiger partial charge in [-0.2, -0.15) is 0 Å². The summed E-state index contributed by atoms with van der Waals surface area (Å²) in [5.74, 6) is -3.06. The third-order valence-electron chi connectivity index (χ3n) is 3.85. The molecule has 0 spiro atoms. The first-order chi connectivity index (χ1) is 10.8. The van der Waals surface area contributed by atoms with Crippen molar-refractivity contribution in [3.8, 4) is 0 Å². The van der Waals surface area contributed by atoms with E-state index in [-0.39, 0.29) is 12.2 Å². The second-order valence-electron chi connectivity index (χ2n) is 5.66. The number of unbranched alkanes of at least 4 members (excludes halogenated alkanes) is 1. The van der Waals surface area contributed by atoms with Crippen LogP contribution in [0.1, 0.15) is 32.6 Å². The minimum Gasteiger partial charge on any atom is -0.480 e. The molecule has 0 saturated carbocycles. The number of ketones is 1. The van der Waals surface area contributed by atoms with Crippen LogP contribution in [0.15, 0.2) is 11.8 Å². The fraction of sp³-hybridized carbons (Fsp3) is 0.733. The Labute approximate surface area is 134 Å². The van der Waals surface area contributed by atoms with Gasteiger partial charge in [0.25, 0.3) is 0 Å². The van der Waals surface area contributed by atoms with Gasteiger partial charge in [0, 0.05) is 18.8 Å². The molecule has 1 rings (SSSR count). The van der Waals surface area contributed by atoms with Gasteiger partial charge in [-0.05, 0) is 12.5 Å². The molecule has 0 bridgehead atoms. The zero-order valence-electron chi connectivity index (χ0n) is 13.0. The van der Waals surface area contributed by atoms with Gasteiger partial charge in [0.1, 0.15) is 24.1 Å². The Hall–Kier alpha value is -1.48. The van der Waals surface area contributed by atoms with E-state index in [1.165, 1.54) is 0 Å². The molecule has 8 nitrogen and oxygen atoms in total. The van der Waals surface area contributed by atoms with E-state index in [0.717, 1.165) is 12.5 Å². The number of hydrogen-bond donors (Lipinski definition) is 5. The summed E-state index contributed by atoms with van der Waals surface area (Å²) in [6, 6.07) is 0. The van der Waals surface area contributed by atoms with Gasteiger partial charge in [-0.15, -0.1) is 0 Å². The van der Waals surface area contributed by atoms with E-state index in [1.54, 1.807) is 0 Å². The van der Waals surface area contributed by atoms with Crippen molar-refractivity contribution in [1.29, 1.82) is 0 Å². The number of carboxylic acids is 1. The van der Waals surface area contributed by atoms with Crippen LogP contribution in [0.4, 0.5) is 0 Å². The van der Waals surface area contributed by atoms with Crippen molar-refractivity contribution in [1.82, 2.24) is 0 Å². The lowest BCUT2D eigenvalue weighted by atomic mass is 9.83. The highest BCUT2D eigenvalue weighted by Crippen LogP contribution is 2.30. The lowest BCUT2D eigenvalue weighted by Gasteiger charge is -2.37. The molecule has 1 heterocycles. The van der Waals surface area contributed by atoms with Crippen molar-refractivity contribution < 1.29 is 39.9 Å². The fourth-order valence-electron chi connectivity index (χ4n) is 2.49. The summed E-state index contributed by atoms with van der Waals surface area (Å²) < 4.78 is 5.15. The van der Waals surface area contributed by atoms with Crippen LogP contribution in [0, 0.1) is 5.92 Å². The molecule has 0 fully saturated rings. The number of carbonyl (C=O) groups is 2. The minimum atomic E-state index is -1.64. The highest BCUT2D eigenvalue weighted by molar-refractivity contribution is 5.84. The monoisotopic (exact) mass is 332 g/mol. The standard InChI is InChI=1S/C15H24O8/c1-2-3-4-8(17)5-9-10(18)6-12(15(21)22)23-14(9)13(20)11(19)7-16/h6,9-11,13-14,16,18-20H,2-5,7H2,1H3,(H,21,22)/t9-,10-,11?,13?,14?/m1/s1. The lowest BCUT2D eigenvalue weighted by molar-refractivity contribution is -0.154. The van der Waals surface area contributed by atoms with Crippen molar-refractivity contribution in [2.75, 3.05) is 6.61 Å². The van der Waals surface area contributed by atoms with Gasteiger partial charge in [-0.25, -0.2) is 4.79 Å². The summed E-state index contributed by atoms with van der Waals surface area (Å²) >= 11 is 0. The molecular weight excluding hydrogens is 308 g/mol. The molecule has 0 radical (unpaired) electrons. The van der Waals surface area contributed by atoms with Gasteiger partial charge in [0.05, 0.1) is 12.7 Å². The largest absolute Gasteiger partial charge is 0.480 e. The number of carbonyl (C=O) groups excluding carboxylic acids is 1. The maximum atomic E-state index is 11.9. The Balaban J connectivity index is 2.96. The predicted octanol–water partition coefficient (Wildman–Crippen LogP) is -0.806.